The molecule has 0 spiro atoms. The van der Waals surface area contributed by atoms with Crippen molar-refractivity contribution in [3.63, 3.8) is 0 Å². The first-order valence-corrected chi connectivity index (χ1v) is 3.30. The molecule has 0 aromatic rings. The van der Waals surface area contributed by atoms with Crippen molar-refractivity contribution in [2.75, 3.05) is 0 Å². The maximum atomic E-state index is 2.36. The first-order chi connectivity index (χ1) is 3.30. The summed E-state index contributed by atoms with van der Waals surface area (Å²) >= 11 is 0. The predicted octanol–water partition coefficient (Wildman–Crippen LogP) is 1.91. The van der Waals surface area contributed by atoms with Crippen LogP contribution in [-0.2, 0) is 0 Å². The first kappa shape index (κ1) is 8.66. The minimum absolute atomic E-state index is 0. The monoisotopic (exact) mass is 103 g/mol. The molecule has 8 heavy (non-hydrogen) atoms. The van der Waals surface area contributed by atoms with Crippen LogP contribution >= 0.6 is 0 Å². The van der Waals surface area contributed by atoms with E-state index in [-0.39, 0.29) is 18.9 Å². The Morgan fingerprint density at radius 1 is 1.50 bits per heavy atom. The van der Waals surface area contributed by atoms with Gasteiger partial charge in [0.25, 0.3) is 0 Å². The zero-order valence-corrected chi connectivity index (χ0v) is 6.28. The average molecular weight is 103 g/mol. The summed E-state index contributed by atoms with van der Waals surface area (Å²) < 4.78 is 0. The van der Waals surface area contributed by atoms with Crippen LogP contribution in [0.3, 0.4) is 0 Å². The molecule has 1 atom stereocenters. The van der Waals surface area contributed by atoms with Gasteiger partial charge >= 0.3 is 0 Å². The molecular formula is C6H13BLi. The third-order valence-electron chi connectivity index (χ3n) is 2.29. The summed E-state index contributed by atoms with van der Waals surface area (Å²) in [7, 11) is 0. The van der Waals surface area contributed by atoms with Crippen molar-refractivity contribution in [3.05, 3.63) is 0 Å². The fourth-order valence-corrected chi connectivity index (χ4v) is 1.33. The quantitative estimate of drug-likeness (QED) is 0.410. The van der Waals surface area contributed by atoms with Crippen LogP contribution in [-0.4, -0.2) is 25.6 Å². The molecule has 1 radical (unpaired) electrons. The molecule has 1 aliphatic rings. The molecular weight excluding hydrogens is 89.8 g/mol. The summed E-state index contributed by atoms with van der Waals surface area (Å²) in [6.45, 7) is 5.73. The van der Waals surface area contributed by atoms with Crippen LogP contribution in [0, 0.1) is 0 Å². The fourth-order valence-electron chi connectivity index (χ4n) is 1.33. The van der Waals surface area contributed by atoms with Gasteiger partial charge in [-0.25, -0.2) is 0 Å². The van der Waals surface area contributed by atoms with Gasteiger partial charge in [-0.3, -0.25) is 0 Å². The molecule has 1 heterocycles. The van der Waals surface area contributed by atoms with Crippen LogP contribution in [0.2, 0.25) is 19.0 Å². The zero-order chi connectivity index (χ0) is 5.28. The van der Waals surface area contributed by atoms with Crippen LogP contribution in [0.25, 0.3) is 0 Å². The Hall–Kier alpha value is 0.662. The van der Waals surface area contributed by atoms with E-state index >= 15 is 0 Å². The molecule has 0 aromatic carbocycles. The van der Waals surface area contributed by atoms with Gasteiger partial charge in [-0.2, -0.15) is 0 Å². The van der Waals surface area contributed by atoms with Gasteiger partial charge in [0, 0.05) is 18.9 Å². The number of hydrogen-bond acceptors (Lipinski definition) is 0. The fraction of sp³-hybridized carbons (Fsp3) is 1.00. The SMILES string of the molecule is CB1CCCC1C.[Li]. The smallest absolute Gasteiger partial charge is 0.0859 e. The molecule has 0 aromatic heterocycles. The summed E-state index contributed by atoms with van der Waals surface area (Å²) in [6, 6.07) is 0. The van der Waals surface area contributed by atoms with Crippen molar-refractivity contribution in [3.8, 4) is 0 Å². The molecule has 0 amide bonds. The Bertz CT molecular complexity index is 57.5. The van der Waals surface area contributed by atoms with Gasteiger partial charge in [0.1, 0.15) is 6.71 Å². The van der Waals surface area contributed by atoms with Gasteiger partial charge < -0.3 is 0 Å². The molecule has 1 saturated heterocycles. The van der Waals surface area contributed by atoms with E-state index in [2.05, 4.69) is 13.7 Å². The second-order valence-corrected chi connectivity index (χ2v) is 2.89. The average Bonchev–Trinajstić information content (AvgIpc) is 1.91. The van der Waals surface area contributed by atoms with Gasteiger partial charge in [0.05, 0.1) is 0 Å². The van der Waals surface area contributed by atoms with Gasteiger partial charge in [-0.15, -0.1) is 0 Å². The van der Waals surface area contributed by atoms with Crippen LogP contribution < -0.4 is 0 Å². The van der Waals surface area contributed by atoms with E-state index in [1.165, 1.54) is 19.2 Å². The van der Waals surface area contributed by atoms with E-state index < -0.39 is 0 Å². The minimum atomic E-state index is 0. The normalized spacial score (nSPS) is 27.8. The molecule has 1 aliphatic heterocycles. The molecule has 1 fully saturated rings. The van der Waals surface area contributed by atoms with Crippen molar-refractivity contribution >= 4 is 25.6 Å². The molecule has 0 saturated carbocycles. The van der Waals surface area contributed by atoms with Crippen LogP contribution in [0.1, 0.15) is 19.8 Å². The van der Waals surface area contributed by atoms with Gasteiger partial charge in [0.2, 0.25) is 0 Å². The molecule has 0 bridgehead atoms. The van der Waals surface area contributed by atoms with Crippen molar-refractivity contribution in [1.82, 2.24) is 0 Å². The second-order valence-electron chi connectivity index (χ2n) is 2.89. The third kappa shape index (κ3) is 1.88. The van der Waals surface area contributed by atoms with Gasteiger partial charge in [0.15, 0.2) is 0 Å². The van der Waals surface area contributed by atoms with Gasteiger partial charge in [-0.05, 0) is 0 Å². The van der Waals surface area contributed by atoms with E-state index in [1.54, 1.807) is 0 Å². The largest absolute Gasteiger partial charge is 0.139 e. The summed E-state index contributed by atoms with van der Waals surface area (Å²) in [5.41, 5.74) is 0. The first-order valence-electron chi connectivity index (χ1n) is 3.30. The van der Waals surface area contributed by atoms with E-state index in [0.717, 1.165) is 12.5 Å². The molecule has 41 valence electrons. The Kier molecular flexibility index (Phi) is 3.94. The summed E-state index contributed by atoms with van der Waals surface area (Å²) in [4.78, 5) is 0. The Balaban J connectivity index is 0.000000490. The van der Waals surface area contributed by atoms with Crippen LogP contribution in [0.15, 0.2) is 0 Å². The van der Waals surface area contributed by atoms with E-state index in [1.807, 2.05) is 0 Å². The maximum Gasteiger partial charge on any atom is 0.139 e. The van der Waals surface area contributed by atoms with Crippen molar-refractivity contribution in [2.24, 2.45) is 0 Å². The predicted molar refractivity (Wildman–Crippen MR) is 40.8 cm³/mol. The second kappa shape index (κ2) is 3.64. The molecule has 2 heteroatoms. The summed E-state index contributed by atoms with van der Waals surface area (Å²) in [5, 5.41) is 0. The van der Waals surface area contributed by atoms with Gasteiger partial charge in [-0.1, -0.05) is 38.7 Å². The topological polar surface area (TPSA) is 0 Å². The van der Waals surface area contributed by atoms with Crippen LogP contribution in [0.5, 0.6) is 0 Å². The van der Waals surface area contributed by atoms with Crippen LogP contribution in [0.4, 0.5) is 0 Å². The van der Waals surface area contributed by atoms with Crippen molar-refractivity contribution < 1.29 is 0 Å². The van der Waals surface area contributed by atoms with Crippen molar-refractivity contribution in [2.45, 2.75) is 38.7 Å². The molecule has 1 rings (SSSR count). The zero-order valence-electron chi connectivity index (χ0n) is 6.28. The standard InChI is InChI=1S/C6H13B.Li/c1-6-4-3-5-7(6)2;/h6H,3-5H2,1-2H3;. The third-order valence-corrected chi connectivity index (χ3v) is 2.29. The Morgan fingerprint density at radius 3 is 2.25 bits per heavy atom. The van der Waals surface area contributed by atoms with E-state index in [4.69, 9.17) is 0 Å². The number of hydrogen-bond donors (Lipinski definition) is 0. The van der Waals surface area contributed by atoms with E-state index in [9.17, 15) is 0 Å². The molecule has 0 nitrogen and oxygen atoms in total. The summed E-state index contributed by atoms with van der Waals surface area (Å²) in [6.07, 6.45) is 4.42. The van der Waals surface area contributed by atoms with Crippen molar-refractivity contribution in [1.29, 1.82) is 0 Å². The Labute approximate surface area is 64.7 Å². The van der Waals surface area contributed by atoms with E-state index in [0.29, 0.717) is 0 Å². The molecule has 1 unspecified atom stereocenters. The molecule has 0 aliphatic carbocycles. The minimum Gasteiger partial charge on any atom is -0.0859 e. The summed E-state index contributed by atoms with van der Waals surface area (Å²) in [5.74, 6) is 1.01. The molecule has 0 N–H and O–H groups in total. The maximum absolute atomic E-state index is 2.36. The Morgan fingerprint density at radius 2 is 2.12 bits per heavy atom. The number of rotatable bonds is 0.